The van der Waals surface area contributed by atoms with Gasteiger partial charge < -0.3 is 19.5 Å². The molecule has 0 aliphatic carbocycles. The molecule has 25 heavy (non-hydrogen) atoms. The van der Waals surface area contributed by atoms with Crippen LogP contribution < -0.4 is 10.2 Å². The van der Waals surface area contributed by atoms with Gasteiger partial charge in [0.15, 0.2) is 5.96 Å². The van der Waals surface area contributed by atoms with Crippen molar-refractivity contribution in [3.63, 3.8) is 0 Å². The highest BCUT2D eigenvalue weighted by Gasteiger charge is 2.20. The lowest BCUT2D eigenvalue weighted by Gasteiger charge is -2.37. The van der Waals surface area contributed by atoms with Gasteiger partial charge in [-0.15, -0.1) is 11.3 Å². The fourth-order valence-corrected chi connectivity index (χ4v) is 3.60. The molecular formula is C19H26N4OS. The molecule has 0 amide bonds. The van der Waals surface area contributed by atoms with Crippen LogP contribution in [-0.2, 0) is 6.42 Å². The highest BCUT2D eigenvalue weighted by Crippen LogP contribution is 2.22. The molecule has 0 radical (unpaired) electrons. The maximum Gasteiger partial charge on any atom is 0.194 e. The van der Waals surface area contributed by atoms with E-state index in [0.717, 1.165) is 56.4 Å². The number of hydrogen-bond acceptors (Lipinski definition) is 4. The van der Waals surface area contributed by atoms with Crippen LogP contribution in [-0.4, -0.2) is 50.1 Å². The number of guanidine groups is 1. The van der Waals surface area contributed by atoms with Crippen LogP contribution in [0.5, 0.6) is 0 Å². The van der Waals surface area contributed by atoms with E-state index in [-0.39, 0.29) is 0 Å². The van der Waals surface area contributed by atoms with E-state index >= 15 is 0 Å². The Balaban J connectivity index is 1.55. The van der Waals surface area contributed by atoms with Gasteiger partial charge in [0.05, 0.1) is 17.8 Å². The Bertz CT molecular complexity index is 670. The Morgan fingerprint density at radius 1 is 1.28 bits per heavy atom. The first kappa shape index (κ1) is 17.6. The molecule has 0 aromatic carbocycles. The molecular weight excluding hydrogens is 332 g/mol. The lowest BCUT2D eigenvalue weighted by atomic mass is 10.3. The number of rotatable bonds is 6. The minimum Gasteiger partial charge on any atom is -0.469 e. The molecule has 1 N–H and O–H groups in total. The Morgan fingerprint density at radius 3 is 2.76 bits per heavy atom. The molecule has 1 fully saturated rings. The normalized spacial score (nSPS) is 15.5. The summed E-state index contributed by atoms with van der Waals surface area (Å²) >= 11 is 1.81. The number of thiophene rings is 1. The number of nitrogens with one attached hydrogen (secondary N) is 1. The number of anilines is 1. The van der Waals surface area contributed by atoms with Crippen LogP contribution in [0.4, 0.5) is 5.00 Å². The Hall–Kier alpha value is -2.21. The first-order valence-electron chi connectivity index (χ1n) is 8.71. The second kappa shape index (κ2) is 8.76. The lowest BCUT2D eigenvalue weighted by Crippen LogP contribution is -2.52. The van der Waals surface area contributed by atoms with Crippen molar-refractivity contribution in [2.75, 3.05) is 44.2 Å². The van der Waals surface area contributed by atoms with Crippen molar-refractivity contribution in [2.45, 2.75) is 13.3 Å². The summed E-state index contributed by atoms with van der Waals surface area (Å²) in [5, 5.41) is 6.98. The van der Waals surface area contributed by atoms with Gasteiger partial charge in [-0.2, -0.15) is 0 Å². The molecule has 134 valence electrons. The minimum absolute atomic E-state index is 0.661. The summed E-state index contributed by atoms with van der Waals surface area (Å²) in [6, 6.07) is 8.24. The van der Waals surface area contributed by atoms with Gasteiger partial charge in [0, 0.05) is 39.1 Å². The van der Waals surface area contributed by atoms with Crippen molar-refractivity contribution in [3.8, 4) is 0 Å². The van der Waals surface area contributed by atoms with Gasteiger partial charge in [0.1, 0.15) is 5.76 Å². The minimum atomic E-state index is 0.661. The molecule has 2 aromatic heterocycles. The van der Waals surface area contributed by atoms with Crippen molar-refractivity contribution in [1.82, 2.24) is 10.2 Å². The predicted molar refractivity (Wildman–Crippen MR) is 106 cm³/mol. The van der Waals surface area contributed by atoms with Gasteiger partial charge in [-0.3, -0.25) is 0 Å². The third-order valence-electron chi connectivity index (χ3n) is 4.13. The van der Waals surface area contributed by atoms with Gasteiger partial charge >= 0.3 is 0 Å². The molecule has 3 rings (SSSR count). The highest BCUT2D eigenvalue weighted by atomic mass is 32.1. The Labute approximate surface area is 153 Å². The first-order valence-corrected chi connectivity index (χ1v) is 9.59. The summed E-state index contributed by atoms with van der Waals surface area (Å²) in [7, 11) is 0. The SMILES string of the molecule is C=C(C)CN=C(NCCc1ccco1)N1CCN(c2cccs2)CC1. The van der Waals surface area contributed by atoms with Crippen LogP contribution in [0, 0.1) is 0 Å². The van der Waals surface area contributed by atoms with E-state index in [2.05, 4.69) is 39.2 Å². The average Bonchev–Trinajstić information content (AvgIpc) is 3.31. The summed E-state index contributed by atoms with van der Waals surface area (Å²) in [5.74, 6) is 1.97. The summed E-state index contributed by atoms with van der Waals surface area (Å²) < 4.78 is 5.40. The number of nitrogens with zero attached hydrogens (tertiary/aromatic N) is 3. The Morgan fingerprint density at radius 2 is 2.12 bits per heavy atom. The van der Waals surface area contributed by atoms with E-state index in [1.165, 1.54) is 5.00 Å². The van der Waals surface area contributed by atoms with E-state index in [1.807, 2.05) is 19.1 Å². The zero-order chi connectivity index (χ0) is 17.5. The largest absolute Gasteiger partial charge is 0.469 e. The van der Waals surface area contributed by atoms with Gasteiger partial charge in [0.2, 0.25) is 0 Å². The predicted octanol–water partition coefficient (Wildman–Crippen LogP) is 3.23. The van der Waals surface area contributed by atoms with Gasteiger partial charge in [-0.05, 0) is 36.6 Å². The average molecular weight is 359 g/mol. The molecule has 1 aliphatic heterocycles. The van der Waals surface area contributed by atoms with Crippen LogP contribution in [0.1, 0.15) is 12.7 Å². The van der Waals surface area contributed by atoms with Crippen molar-refractivity contribution in [3.05, 3.63) is 53.8 Å². The summed E-state index contributed by atoms with van der Waals surface area (Å²) in [4.78, 5) is 9.53. The zero-order valence-electron chi connectivity index (χ0n) is 14.8. The quantitative estimate of drug-likeness (QED) is 0.489. The summed E-state index contributed by atoms with van der Waals surface area (Å²) in [6.07, 6.45) is 2.57. The van der Waals surface area contributed by atoms with E-state index in [1.54, 1.807) is 17.6 Å². The molecule has 0 unspecified atom stereocenters. The highest BCUT2D eigenvalue weighted by molar-refractivity contribution is 7.14. The monoisotopic (exact) mass is 358 g/mol. The second-order valence-electron chi connectivity index (χ2n) is 6.28. The Kier molecular flexibility index (Phi) is 6.17. The maximum atomic E-state index is 5.40. The molecule has 5 nitrogen and oxygen atoms in total. The summed E-state index contributed by atoms with van der Waals surface area (Å²) in [5.41, 5.74) is 1.07. The van der Waals surface area contributed by atoms with Crippen molar-refractivity contribution >= 4 is 22.3 Å². The molecule has 1 saturated heterocycles. The van der Waals surface area contributed by atoms with Crippen LogP contribution in [0.3, 0.4) is 0 Å². The van der Waals surface area contributed by atoms with Crippen molar-refractivity contribution < 1.29 is 4.42 Å². The maximum absolute atomic E-state index is 5.40. The lowest BCUT2D eigenvalue weighted by molar-refractivity contribution is 0.372. The van der Waals surface area contributed by atoms with E-state index < -0.39 is 0 Å². The van der Waals surface area contributed by atoms with Gasteiger partial charge in [-0.1, -0.05) is 12.2 Å². The topological polar surface area (TPSA) is 44.0 Å². The van der Waals surface area contributed by atoms with E-state index in [0.29, 0.717) is 6.54 Å². The number of piperazine rings is 1. The van der Waals surface area contributed by atoms with Crippen molar-refractivity contribution in [2.24, 2.45) is 4.99 Å². The molecule has 3 heterocycles. The molecule has 0 atom stereocenters. The third kappa shape index (κ3) is 5.13. The first-order chi connectivity index (χ1) is 12.2. The van der Waals surface area contributed by atoms with Crippen LogP contribution in [0.15, 0.2) is 57.5 Å². The smallest absolute Gasteiger partial charge is 0.194 e. The molecule has 0 saturated carbocycles. The molecule has 0 spiro atoms. The number of hydrogen-bond donors (Lipinski definition) is 1. The standard InChI is InChI=1S/C19H26N4OS/c1-16(2)15-21-19(20-8-7-17-5-3-13-24-17)23-11-9-22(10-12-23)18-6-4-14-25-18/h3-6,13-14H,1,7-12,15H2,2H3,(H,20,21). The molecule has 6 heteroatoms. The van der Waals surface area contributed by atoms with E-state index in [9.17, 15) is 0 Å². The third-order valence-corrected chi connectivity index (χ3v) is 5.06. The molecule has 2 aromatic rings. The summed E-state index contributed by atoms with van der Waals surface area (Å²) in [6.45, 7) is 11.4. The van der Waals surface area contributed by atoms with Gasteiger partial charge in [0.25, 0.3) is 0 Å². The molecule has 1 aliphatic rings. The van der Waals surface area contributed by atoms with Gasteiger partial charge in [-0.25, -0.2) is 4.99 Å². The fraction of sp³-hybridized carbons (Fsp3) is 0.421. The van der Waals surface area contributed by atoms with Crippen molar-refractivity contribution in [1.29, 1.82) is 0 Å². The van der Waals surface area contributed by atoms with Crippen LogP contribution in [0.2, 0.25) is 0 Å². The number of furan rings is 1. The molecule has 0 bridgehead atoms. The van der Waals surface area contributed by atoms with Crippen LogP contribution >= 0.6 is 11.3 Å². The zero-order valence-corrected chi connectivity index (χ0v) is 15.6. The fourth-order valence-electron chi connectivity index (χ4n) is 2.82. The van der Waals surface area contributed by atoms with Crippen LogP contribution in [0.25, 0.3) is 0 Å². The van der Waals surface area contributed by atoms with E-state index in [4.69, 9.17) is 9.41 Å². The second-order valence-corrected chi connectivity index (χ2v) is 7.20. The number of aliphatic imine (C=N–C) groups is 1.